The minimum absolute atomic E-state index is 0.250. The summed E-state index contributed by atoms with van der Waals surface area (Å²) in [6.07, 6.45) is 16.9. The summed E-state index contributed by atoms with van der Waals surface area (Å²) in [5, 5.41) is 9.68. The molecule has 0 saturated carbocycles. The lowest BCUT2D eigenvalue weighted by Gasteiger charge is -2.54. The molecule has 4 unspecified atom stereocenters. The van der Waals surface area contributed by atoms with Gasteiger partial charge in [-0.15, -0.1) is 0 Å². The summed E-state index contributed by atoms with van der Waals surface area (Å²) in [6.45, 7) is 10.8. The molecule has 4 rings (SSSR count). The molecule has 0 bridgehead atoms. The highest BCUT2D eigenvalue weighted by Crippen LogP contribution is 2.51. The smallest absolute Gasteiger partial charge is 0.128 e. The predicted octanol–water partition coefficient (Wildman–Crippen LogP) is 7.21. The topological polar surface area (TPSA) is 32.7 Å². The molecular formula is C29H43NO2. The molecule has 3 heteroatoms. The molecule has 1 aromatic rings. The fourth-order valence-electron chi connectivity index (χ4n) is 6.75. The molecule has 3 nitrogen and oxygen atoms in total. The molecule has 1 fully saturated rings. The first-order valence-electron chi connectivity index (χ1n) is 12.8. The fraction of sp³-hybridized carbons (Fsp3) is 0.655. The largest absolute Gasteiger partial charge is 0.508 e. The van der Waals surface area contributed by atoms with E-state index in [1.165, 1.54) is 51.5 Å². The van der Waals surface area contributed by atoms with Gasteiger partial charge in [-0.3, -0.25) is 0 Å². The first-order chi connectivity index (χ1) is 15.2. The normalized spacial score (nSPS) is 33.1. The molecular weight excluding hydrogens is 394 g/mol. The highest BCUT2D eigenvalue weighted by molar-refractivity contribution is 5.62. The Hall–Kier alpha value is -1.74. The molecule has 0 amide bonds. The lowest BCUT2D eigenvalue weighted by molar-refractivity contribution is -0.00259. The van der Waals surface area contributed by atoms with Gasteiger partial charge in [-0.05, 0) is 107 Å². The summed E-state index contributed by atoms with van der Waals surface area (Å²) in [5.41, 5.74) is 2.80. The number of fused-ring (bicyclic) bond motifs is 2. The zero-order chi connectivity index (χ0) is 22.9. The Morgan fingerprint density at radius 2 is 2.06 bits per heavy atom. The zero-order valence-electron chi connectivity index (χ0n) is 20.9. The Balaban J connectivity index is 1.27. The van der Waals surface area contributed by atoms with Crippen molar-refractivity contribution in [2.24, 2.45) is 17.3 Å². The summed E-state index contributed by atoms with van der Waals surface area (Å²) in [6, 6.07) is 6.08. The van der Waals surface area contributed by atoms with E-state index in [1.807, 2.05) is 6.07 Å². The number of allylic oxidation sites excluding steroid dienone is 1. The number of likely N-dealkylation sites (tertiary alicyclic amines) is 1. The van der Waals surface area contributed by atoms with Gasteiger partial charge in [0.2, 0.25) is 0 Å². The van der Waals surface area contributed by atoms with Gasteiger partial charge in [-0.25, -0.2) is 0 Å². The number of phenols is 1. The van der Waals surface area contributed by atoms with Crippen LogP contribution in [-0.4, -0.2) is 35.2 Å². The van der Waals surface area contributed by atoms with Crippen molar-refractivity contribution in [1.82, 2.24) is 4.90 Å². The van der Waals surface area contributed by atoms with Crippen LogP contribution in [0.3, 0.4) is 0 Å². The molecule has 32 heavy (non-hydrogen) atoms. The van der Waals surface area contributed by atoms with Gasteiger partial charge in [0.05, 0.1) is 0 Å². The second-order valence-corrected chi connectivity index (χ2v) is 11.4. The van der Waals surface area contributed by atoms with E-state index in [2.05, 4.69) is 57.9 Å². The third kappa shape index (κ3) is 4.78. The lowest BCUT2D eigenvalue weighted by Crippen LogP contribution is -2.54. The highest BCUT2D eigenvalue weighted by Gasteiger charge is 2.46. The first kappa shape index (κ1) is 23.4. The van der Waals surface area contributed by atoms with Gasteiger partial charge in [-0.2, -0.15) is 0 Å². The van der Waals surface area contributed by atoms with Crippen molar-refractivity contribution in [2.75, 3.05) is 13.6 Å². The maximum absolute atomic E-state index is 9.68. The number of hydrogen-bond donors (Lipinski definition) is 1. The molecule has 2 heterocycles. The molecule has 0 aromatic heterocycles. The number of aromatic hydroxyl groups is 1. The molecule has 0 spiro atoms. The average molecular weight is 438 g/mol. The number of nitrogens with zero attached hydrogens (tertiary/aromatic N) is 1. The maximum Gasteiger partial charge on any atom is 0.128 e. The highest BCUT2D eigenvalue weighted by atomic mass is 16.5. The minimum Gasteiger partial charge on any atom is -0.508 e. The number of hydrogen-bond acceptors (Lipinski definition) is 3. The van der Waals surface area contributed by atoms with Gasteiger partial charge in [0.1, 0.15) is 17.1 Å². The second kappa shape index (κ2) is 9.25. The molecule has 176 valence electrons. The van der Waals surface area contributed by atoms with Crippen LogP contribution < -0.4 is 4.74 Å². The van der Waals surface area contributed by atoms with Crippen molar-refractivity contribution in [3.8, 4) is 11.5 Å². The summed E-state index contributed by atoms with van der Waals surface area (Å²) in [7, 11) is 2.33. The van der Waals surface area contributed by atoms with Crippen LogP contribution in [0.1, 0.15) is 84.6 Å². The Bertz CT molecular complexity index is 874. The van der Waals surface area contributed by atoms with E-state index in [9.17, 15) is 5.11 Å². The van der Waals surface area contributed by atoms with Crippen LogP contribution in [0.25, 0.3) is 6.08 Å². The first-order valence-corrected chi connectivity index (χ1v) is 12.8. The molecule has 5 atom stereocenters. The molecule has 1 aromatic carbocycles. The van der Waals surface area contributed by atoms with E-state index in [0.717, 1.165) is 35.6 Å². The van der Waals surface area contributed by atoms with Crippen molar-refractivity contribution in [2.45, 2.75) is 90.7 Å². The van der Waals surface area contributed by atoms with Gasteiger partial charge >= 0.3 is 0 Å². The molecule has 2 aliphatic heterocycles. The van der Waals surface area contributed by atoms with Crippen molar-refractivity contribution in [3.63, 3.8) is 0 Å². The zero-order valence-corrected chi connectivity index (χ0v) is 20.9. The van der Waals surface area contributed by atoms with Crippen molar-refractivity contribution < 1.29 is 9.84 Å². The standard InChI is InChI=1S/C29H43NO2/c1-21(8-6-16-28(3)18-15-23-20-24(31)11-13-26(23)32-28)9-12-25-22(2)10-14-27-29(25,4)17-7-19-30(27)5/h10-11,13,15,18,20-21,25,27,31H,6-9,12,14,16-17,19H2,1-5H3/t21-,25?,27?,28?,29?/m1/s1. The number of rotatable bonds is 7. The lowest BCUT2D eigenvalue weighted by atomic mass is 9.59. The van der Waals surface area contributed by atoms with E-state index in [4.69, 9.17) is 4.74 Å². The summed E-state index contributed by atoms with van der Waals surface area (Å²) in [4.78, 5) is 2.63. The van der Waals surface area contributed by atoms with Gasteiger partial charge in [0, 0.05) is 11.6 Å². The second-order valence-electron chi connectivity index (χ2n) is 11.4. The number of phenolic OH excluding ortho intramolecular Hbond substituents is 1. The quantitative estimate of drug-likeness (QED) is 0.457. The van der Waals surface area contributed by atoms with Crippen LogP contribution >= 0.6 is 0 Å². The fourth-order valence-corrected chi connectivity index (χ4v) is 6.75. The van der Waals surface area contributed by atoms with Gasteiger partial charge in [0.15, 0.2) is 0 Å². The Labute approximate surface area is 195 Å². The van der Waals surface area contributed by atoms with Crippen molar-refractivity contribution >= 4 is 6.08 Å². The predicted molar refractivity (Wildman–Crippen MR) is 134 cm³/mol. The van der Waals surface area contributed by atoms with Crippen LogP contribution in [0.15, 0.2) is 35.9 Å². The van der Waals surface area contributed by atoms with Crippen LogP contribution in [-0.2, 0) is 0 Å². The van der Waals surface area contributed by atoms with E-state index in [0.29, 0.717) is 5.41 Å². The summed E-state index contributed by atoms with van der Waals surface area (Å²) >= 11 is 0. The number of piperidine rings is 1. The number of ether oxygens (including phenoxy) is 1. The summed E-state index contributed by atoms with van der Waals surface area (Å²) in [5.74, 6) is 2.65. The minimum atomic E-state index is -0.250. The van der Waals surface area contributed by atoms with Crippen molar-refractivity contribution in [1.29, 1.82) is 0 Å². The van der Waals surface area contributed by atoms with Crippen LogP contribution in [0, 0.1) is 17.3 Å². The third-order valence-corrected chi connectivity index (χ3v) is 8.80. The molecule has 3 aliphatic rings. The van der Waals surface area contributed by atoms with Crippen molar-refractivity contribution in [3.05, 3.63) is 41.5 Å². The van der Waals surface area contributed by atoms with E-state index >= 15 is 0 Å². The monoisotopic (exact) mass is 437 g/mol. The van der Waals surface area contributed by atoms with Crippen LogP contribution in [0.5, 0.6) is 11.5 Å². The van der Waals surface area contributed by atoms with Crippen LogP contribution in [0.4, 0.5) is 0 Å². The Morgan fingerprint density at radius 1 is 1.25 bits per heavy atom. The Morgan fingerprint density at radius 3 is 2.88 bits per heavy atom. The van der Waals surface area contributed by atoms with E-state index < -0.39 is 0 Å². The molecule has 1 N–H and O–H groups in total. The summed E-state index contributed by atoms with van der Waals surface area (Å²) < 4.78 is 6.30. The molecule has 1 aliphatic carbocycles. The van der Waals surface area contributed by atoms with E-state index in [1.54, 1.807) is 17.7 Å². The van der Waals surface area contributed by atoms with E-state index in [-0.39, 0.29) is 11.4 Å². The average Bonchev–Trinajstić information content (AvgIpc) is 2.73. The maximum atomic E-state index is 9.68. The van der Waals surface area contributed by atoms with Crippen LogP contribution in [0.2, 0.25) is 0 Å². The SMILES string of the molecule is CC1=CCC2N(C)CCCC2(C)C1CC[C@H](C)CCCC1(C)C=Cc2cc(O)ccc2O1. The Kier molecular flexibility index (Phi) is 6.77. The molecule has 0 radical (unpaired) electrons. The number of benzene rings is 1. The van der Waals surface area contributed by atoms with Gasteiger partial charge in [-0.1, -0.05) is 44.4 Å². The van der Waals surface area contributed by atoms with Gasteiger partial charge in [0.25, 0.3) is 0 Å². The van der Waals surface area contributed by atoms with Gasteiger partial charge < -0.3 is 14.7 Å². The third-order valence-electron chi connectivity index (χ3n) is 8.80. The molecule has 1 saturated heterocycles.